The van der Waals surface area contributed by atoms with E-state index in [1.165, 1.54) is 23.9 Å². The van der Waals surface area contributed by atoms with Gasteiger partial charge in [-0.1, -0.05) is 6.42 Å². The number of carbonyl (C=O) groups excluding carboxylic acids is 1. The van der Waals surface area contributed by atoms with Gasteiger partial charge in [0.15, 0.2) is 23.6 Å². The smallest absolute Gasteiger partial charge is 0.790 e. The zero-order chi connectivity index (χ0) is 38.7. The molecule has 0 saturated carbocycles. The van der Waals surface area contributed by atoms with Gasteiger partial charge in [0.05, 0.1) is 27.4 Å². The molecule has 0 amide bonds. The van der Waals surface area contributed by atoms with Gasteiger partial charge in [-0.25, -0.2) is 19.4 Å². The molecule has 294 valence electrons. The van der Waals surface area contributed by atoms with Crippen molar-refractivity contribution in [1.82, 2.24) is 34.2 Å². The van der Waals surface area contributed by atoms with Crippen molar-refractivity contribution in [3.63, 3.8) is 0 Å². The Balaban J connectivity index is 0.00000361. The molecule has 30 heteroatoms. The van der Waals surface area contributed by atoms with E-state index in [4.69, 9.17) is 34.7 Å². The molecule has 0 aliphatic carbocycles. The number of fused-ring (bicyclic) bond motifs is 1. The molecule has 8 N–H and O–H groups in total. The second-order valence-electron chi connectivity index (χ2n) is 11.8. The van der Waals surface area contributed by atoms with E-state index in [1.807, 2.05) is 0 Å². The largest absolute Gasteiger partial charge is 1.00 e. The topological polar surface area (TPSA) is 379 Å². The number of phosphoric ester groups is 1. The fourth-order valence-electron chi connectivity index (χ4n) is 5.69. The number of nitrogens with two attached hydrogens (primary N) is 2. The van der Waals surface area contributed by atoms with E-state index in [1.54, 1.807) is 0 Å². The standard InChI is InChI=1S/C26H39N9O16P2.3Na/c1-46-20-19(13(10-48-53(43,44)45)50-24(20)35-11-29-16-21(35)32-25(28)33-22(16)40)51-52(42,30-7-4-2-3-5-15(36)37)47-9-12-17(38)18(39)23(49-12)34-8-6-14(27)31-26(34)41;;;/h6,8,11-13,17-20,23-24,38-39H,2-5,7,9-10H2,1H3,(H,30,42)(H,36,37)(H2,27,31,41)(H2,43,44,45)(H3,28,32,33,40);;;/q;3*+1/p-3/t12-,13-,17-,18-,19-,20-,23-,24-,52-;;;/m1.../s1. The minimum atomic E-state index is -5.61. The molecule has 56 heavy (non-hydrogen) atoms. The summed E-state index contributed by atoms with van der Waals surface area (Å²) in [4.78, 5) is 72.5. The molecule has 2 aliphatic heterocycles. The van der Waals surface area contributed by atoms with Gasteiger partial charge in [0, 0.05) is 25.8 Å². The van der Waals surface area contributed by atoms with Crippen LogP contribution in [-0.2, 0) is 41.7 Å². The maximum atomic E-state index is 14.4. The molecule has 0 radical (unpaired) electrons. The number of aliphatic carboxylic acids is 1. The number of aliphatic hydroxyl groups is 2. The number of rotatable bonds is 18. The number of ether oxygens (including phenoxy) is 3. The number of hydrogen-bond acceptors (Lipinski definition) is 21. The van der Waals surface area contributed by atoms with E-state index in [2.05, 4.69) is 29.5 Å². The van der Waals surface area contributed by atoms with Crippen molar-refractivity contribution in [3.8, 4) is 0 Å². The number of nitrogen functional groups attached to an aromatic ring is 2. The van der Waals surface area contributed by atoms with Crippen molar-refractivity contribution in [2.24, 2.45) is 0 Å². The zero-order valence-corrected chi connectivity index (χ0v) is 38.5. The van der Waals surface area contributed by atoms with Crippen LogP contribution in [0.15, 0.2) is 28.2 Å². The first kappa shape index (κ1) is 51.5. The van der Waals surface area contributed by atoms with Crippen molar-refractivity contribution in [2.45, 2.75) is 74.8 Å². The van der Waals surface area contributed by atoms with Crippen LogP contribution in [0, 0.1) is 0 Å². The van der Waals surface area contributed by atoms with Crippen molar-refractivity contribution < 1.29 is 155 Å². The van der Waals surface area contributed by atoms with Crippen LogP contribution in [0.5, 0.6) is 0 Å². The second kappa shape index (κ2) is 22.2. The number of phosphoric acid groups is 1. The van der Waals surface area contributed by atoms with Gasteiger partial charge in [-0.05, 0) is 25.3 Å². The third-order valence-electron chi connectivity index (χ3n) is 8.17. The molecule has 5 rings (SSSR count). The number of nitrogens with one attached hydrogen (secondary N) is 2. The first-order valence-corrected chi connectivity index (χ1v) is 18.8. The molecule has 3 aromatic heterocycles. The maximum absolute atomic E-state index is 14.4. The quantitative estimate of drug-likeness (QED) is 0.0393. The van der Waals surface area contributed by atoms with Gasteiger partial charge in [-0.15, -0.1) is 0 Å². The summed E-state index contributed by atoms with van der Waals surface area (Å²) in [6.45, 7) is -1.83. The van der Waals surface area contributed by atoms with Crippen LogP contribution in [0.4, 0.5) is 11.8 Å². The molecular formula is C26H36N9Na3O16P2. The minimum absolute atomic E-state index is 0. The summed E-state index contributed by atoms with van der Waals surface area (Å²) in [5.74, 6) is -1.65. The predicted octanol–water partition coefficient (Wildman–Crippen LogP) is -13.7. The summed E-state index contributed by atoms with van der Waals surface area (Å²) < 4.78 is 61.3. The van der Waals surface area contributed by atoms with E-state index in [9.17, 15) is 48.6 Å². The summed E-state index contributed by atoms with van der Waals surface area (Å²) in [5.41, 5.74) is 9.37. The molecule has 5 heterocycles. The fourth-order valence-corrected chi connectivity index (χ4v) is 7.59. The number of carbonyl (C=O) groups is 1. The van der Waals surface area contributed by atoms with E-state index >= 15 is 0 Å². The number of carboxylic acids is 1. The average Bonchev–Trinajstić information content (AvgIpc) is 3.73. The SMILES string of the molecule is CO[C@@H]1[C@H](O[P@@](=O)(NCCCCCC(=O)[O-])OC[C@H]2O[C@@H](n3ccc(N)nc3=O)[C@H](O)[C@@H]2O)[C@@H](COP(=O)([O-])[O-])O[C@H]1n1cnc2c(=O)[nH]c(N)nc21.[Na+].[Na+].[Na+]. The molecule has 0 spiro atoms. The van der Waals surface area contributed by atoms with Crippen LogP contribution >= 0.6 is 15.6 Å². The van der Waals surface area contributed by atoms with Gasteiger partial charge < -0.3 is 64.7 Å². The number of aliphatic hydroxyl groups excluding tert-OH is 2. The van der Waals surface area contributed by atoms with Crippen molar-refractivity contribution in [3.05, 3.63) is 39.4 Å². The molecule has 9 atom stereocenters. The van der Waals surface area contributed by atoms with Crippen LogP contribution in [0.2, 0.25) is 0 Å². The summed E-state index contributed by atoms with van der Waals surface area (Å²) in [6, 6.07) is 1.25. The molecule has 2 aliphatic rings. The van der Waals surface area contributed by atoms with Gasteiger partial charge in [0.1, 0.15) is 42.4 Å². The first-order valence-electron chi connectivity index (χ1n) is 15.8. The third kappa shape index (κ3) is 12.9. The molecule has 2 saturated heterocycles. The van der Waals surface area contributed by atoms with Crippen molar-refractivity contribution in [1.29, 1.82) is 0 Å². The van der Waals surface area contributed by atoms with E-state index in [0.29, 0.717) is 6.42 Å². The van der Waals surface area contributed by atoms with Gasteiger partial charge >= 0.3 is 102 Å². The monoisotopic (exact) mass is 861 g/mol. The molecule has 25 nitrogen and oxygen atoms in total. The first-order chi connectivity index (χ1) is 25.0. The summed E-state index contributed by atoms with van der Waals surface area (Å²) in [6.07, 6.45) is -9.21. The number of nitrogens with zero attached hydrogens (tertiary/aromatic N) is 5. The van der Waals surface area contributed by atoms with Gasteiger partial charge in [0.2, 0.25) is 5.95 Å². The summed E-state index contributed by atoms with van der Waals surface area (Å²) >= 11 is 0. The molecule has 0 unspecified atom stereocenters. The number of imidazole rings is 1. The zero-order valence-electron chi connectivity index (χ0n) is 30.7. The van der Waals surface area contributed by atoms with E-state index < -0.39 is 95.1 Å². The fraction of sp³-hybridized carbons (Fsp3) is 0.615. The number of aromatic amines is 1. The van der Waals surface area contributed by atoms with Crippen LogP contribution in [0.3, 0.4) is 0 Å². The Morgan fingerprint density at radius 2 is 1.66 bits per heavy atom. The number of unbranched alkanes of at least 4 members (excludes halogenated alkanes) is 2. The number of H-pyrrole nitrogens is 1. The normalized spacial score (nSPS) is 25.9. The Kier molecular flexibility index (Phi) is 20.4. The Bertz CT molecular complexity index is 1990. The number of carboxylic acid groups (broad SMARTS) is 1. The Morgan fingerprint density at radius 1 is 0.982 bits per heavy atom. The number of hydrogen-bond donors (Lipinski definition) is 6. The van der Waals surface area contributed by atoms with Crippen LogP contribution in [0.1, 0.15) is 38.1 Å². The molecule has 2 fully saturated rings. The van der Waals surface area contributed by atoms with Gasteiger partial charge in [0.25, 0.3) is 5.56 Å². The van der Waals surface area contributed by atoms with Crippen LogP contribution in [0.25, 0.3) is 11.2 Å². The molecular weight excluding hydrogens is 825 g/mol. The summed E-state index contributed by atoms with van der Waals surface area (Å²) in [5, 5.41) is 34.8. The Hall–Kier alpha value is -0.680. The average molecular weight is 862 g/mol. The van der Waals surface area contributed by atoms with E-state index in [0.717, 1.165) is 10.9 Å². The van der Waals surface area contributed by atoms with Crippen molar-refractivity contribution in [2.75, 3.05) is 38.3 Å². The molecule has 3 aromatic rings. The van der Waals surface area contributed by atoms with Gasteiger partial charge in [-0.3, -0.25) is 28.0 Å². The van der Waals surface area contributed by atoms with Gasteiger partial charge in [-0.2, -0.15) is 9.97 Å². The molecule has 0 aromatic carbocycles. The second-order valence-corrected chi connectivity index (χ2v) is 14.8. The number of aromatic nitrogens is 6. The number of anilines is 2. The minimum Gasteiger partial charge on any atom is -0.790 e. The van der Waals surface area contributed by atoms with Crippen molar-refractivity contribution >= 4 is 44.5 Å². The summed E-state index contributed by atoms with van der Waals surface area (Å²) in [7, 11) is -9.08. The molecule has 0 bridgehead atoms. The van der Waals surface area contributed by atoms with Crippen LogP contribution < -0.4 is 131 Å². The van der Waals surface area contributed by atoms with Crippen LogP contribution in [-0.4, -0.2) is 109 Å². The third-order valence-corrected chi connectivity index (χ3v) is 10.3. The number of methoxy groups -OCH3 is 1. The maximum Gasteiger partial charge on any atom is 1.00 e. The Labute approximate surface area is 383 Å². The predicted molar refractivity (Wildman–Crippen MR) is 170 cm³/mol. The van der Waals surface area contributed by atoms with E-state index in [-0.39, 0.29) is 137 Å². The Morgan fingerprint density at radius 3 is 2.30 bits per heavy atom.